The van der Waals surface area contributed by atoms with Crippen molar-refractivity contribution in [3.63, 3.8) is 0 Å². The number of hydrogen-bond donors (Lipinski definition) is 1. The first-order chi connectivity index (χ1) is 8.54. The molecule has 0 heterocycles. The van der Waals surface area contributed by atoms with Crippen LogP contribution in [0.4, 0.5) is 5.69 Å². The molecule has 0 fully saturated rings. The summed E-state index contributed by atoms with van der Waals surface area (Å²) in [7, 11) is -1.88. The number of thiocarbonyl (C=S) groups is 1. The molecule has 0 unspecified atom stereocenters. The molecule has 6 heteroatoms. The number of rotatable bonds is 4. The van der Waals surface area contributed by atoms with Crippen LogP contribution in [0.1, 0.15) is 26.3 Å². The van der Waals surface area contributed by atoms with E-state index in [0.717, 1.165) is 0 Å². The number of nitrogens with two attached hydrogens (primary N) is 1. The molecule has 0 saturated carbocycles. The number of para-hydroxylation sites is 1. The van der Waals surface area contributed by atoms with E-state index in [0.29, 0.717) is 11.3 Å². The van der Waals surface area contributed by atoms with Gasteiger partial charge >= 0.3 is 0 Å². The van der Waals surface area contributed by atoms with E-state index in [1.807, 2.05) is 20.8 Å². The summed E-state index contributed by atoms with van der Waals surface area (Å²) < 4.78 is 26.0. The molecule has 0 aliphatic heterocycles. The van der Waals surface area contributed by atoms with E-state index in [9.17, 15) is 8.42 Å². The van der Waals surface area contributed by atoms with Gasteiger partial charge < -0.3 is 5.73 Å². The van der Waals surface area contributed by atoms with Crippen molar-refractivity contribution in [1.29, 1.82) is 0 Å². The minimum absolute atomic E-state index is 0.0577. The minimum atomic E-state index is -3.41. The first-order valence-electron chi connectivity index (χ1n) is 5.90. The molecule has 0 aromatic heterocycles. The van der Waals surface area contributed by atoms with Crippen LogP contribution in [0.2, 0.25) is 0 Å². The third kappa shape index (κ3) is 4.18. The van der Waals surface area contributed by atoms with Crippen LogP contribution in [-0.2, 0) is 10.0 Å². The molecule has 0 amide bonds. The zero-order chi connectivity index (χ0) is 14.8. The monoisotopic (exact) mass is 300 g/mol. The van der Waals surface area contributed by atoms with Gasteiger partial charge in [-0.15, -0.1) is 0 Å². The molecule has 0 aliphatic rings. The second kappa shape index (κ2) is 5.46. The Balaban J connectivity index is 3.21. The summed E-state index contributed by atoms with van der Waals surface area (Å²) in [4.78, 5) is 0.188. The van der Waals surface area contributed by atoms with E-state index in [2.05, 4.69) is 0 Å². The second-order valence-corrected chi connectivity index (χ2v) is 8.11. The molecule has 0 saturated heterocycles. The van der Waals surface area contributed by atoms with Crippen molar-refractivity contribution in [2.45, 2.75) is 20.8 Å². The van der Waals surface area contributed by atoms with Crippen LogP contribution in [0.15, 0.2) is 24.3 Å². The number of anilines is 1. The Morgan fingerprint density at radius 1 is 1.32 bits per heavy atom. The fourth-order valence-corrected chi connectivity index (χ4v) is 3.67. The van der Waals surface area contributed by atoms with Crippen molar-refractivity contribution >= 4 is 32.9 Å². The maximum absolute atomic E-state index is 12.4. The molecular weight excluding hydrogens is 280 g/mol. The lowest BCUT2D eigenvalue weighted by molar-refractivity contribution is 0.461. The van der Waals surface area contributed by atoms with Gasteiger partial charge in [-0.2, -0.15) is 0 Å². The maximum Gasteiger partial charge on any atom is 0.235 e. The van der Waals surface area contributed by atoms with Gasteiger partial charge in [0.2, 0.25) is 10.0 Å². The summed E-state index contributed by atoms with van der Waals surface area (Å²) in [5.74, 6) is 0.0577. The first-order valence-corrected chi connectivity index (χ1v) is 7.92. The van der Waals surface area contributed by atoms with Crippen LogP contribution in [0.5, 0.6) is 0 Å². The third-order valence-corrected chi connectivity index (χ3v) is 5.02. The van der Waals surface area contributed by atoms with Gasteiger partial charge in [-0.25, -0.2) is 8.42 Å². The lowest BCUT2D eigenvalue weighted by Crippen LogP contribution is -2.35. The molecule has 0 aliphatic carbocycles. The highest BCUT2D eigenvalue weighted by atomic mass is 32.2. The van der Waals surface area contributed by atoms with Crippen LogP contribution in [0, 0.1) is 5.41 Å². The van der Waals surface area contributed by atoms with E-state index in [-0.39, 0.29) is 16.2 Å². The van der Waals surface area contributed by atoms with Gasteiger partial charge in [-0.3, -0.25) is 4.31 Å². The second-order valence-electron chi connectivity index (χ2n) is 5.67. The van der Waals surface area contributed by atoms with Crippen LogP contribution < -0.4 is 10.0 Å². The van der Waals surface area contributed by atoms with Crippen LogP contribution in [0.3, 0.4) is 0 Å². The summed E-state index contributed by atoms with van der Waals surface area (Å²) in [6.07, 6.45) is 0. The minimum Gasteiger partial charge on any atom is -0.389 e. The van der Waals surface area contributed by atoms with E-state index in [1.165, 1.54) is 11.4 Å². The summed E-state index contributed by atoms with van der Waals surface area (Å²) in [5.41, 5.74) is 6.40. The average Bonchev–Trinajstić information content (AvgIpc) is 2.24. The summed E-state index contributed by atoms with van der Waals surface area (Å²) in [5, 5.41) is 0. The van der Waals surface area contributed by atoms with Gasteiger partial charge in [-0.05, 0) is 17.5 Å². The molecule has 4 nitrogen and oxygen atoms in total. The molecule has 1 rings (SSSR count). The van der Waals surface area contributed by atoms with Gasteiger partial charge in [-0.1, -0.05) is 45.1 Å². The number of sulfonamides is 1. The Hall–Kier alpha value is -1.14. The predicted octanol–water partition coefficient (Wildman–Crippen LogP) is 2.13. The standard InChI is InChI=1S/C13H20N2O2S2/c1-13(2,3)9-19(16,17)15(4)11-8-6-5-7-10(11)12(14)18/h5-8H,9H2,1-4H3,(H2,14,18). The SMILES string of the molecule is CN(c1ccccc1C(N)=S)S(=O)(=O)CC(C)(C)C. The van der Waals surface area contributed by atoms with E-state index in [1.54, 1.807) is 24.3 Å². The highest BCUT2D eigenvalue weighted by Gasteiger charge is 2.27. The summed E-state index contributed by atoms with van der Waals surface area (Å²) in [6, 6.07) is 6.97. The molecular formula is C13H20N2O2S2. The zero-order valence-electron chi connectivity index (χ0n) is 11.7. The molecule has 0 bridgehead atoms. The Morgan fingerprint density at radius 3 is 2.32 bits per heavy atom. The Labute approximate surface area is 120 Å². The molecule has 0 spiro atoms. The van der Waals surface area contributed by atoms with Crippen molar-refractivity contribution in [2.75, 3.05) is 17.1 Å². The van der Waals surface area contributed by atoms with Crippen molar-refractivity contribution in [3.05, 3.63) is 29.8 Å². The number of benzene rings is 1. The smallest absolute Gasteiger partial charge is 0.235 e. The van der Waals surface area contributed by atoms with Crippen molar-refractivity contribution in [1.82, 2.24) is 0 Å². The van der Waals surface area contributed by atoms with Crippen molar-refractivity contribution < 1.29 is 8.42 Å². The predicted molar refractivity (Wildman–Crippen MR) is 84.0 cm³/mol. The van der Waals surface area contributed by atoms with Crippen molar-refractivity contribution in [3.8, 4) is 0 Å². The molecule has 1 aromatic carbocycles. The fourth-order valence-electron chi connectivity index (χ4n) is 1.75. The Kier molecular flexibility index (Phi) is 4.58. The van der Waals surface area contributed by atoms with Gasteiger partial charge in [0.25, 0.3) is 0 Å². The molecule has 1 aromatic rings. The quantitative estimate of drug-likeness (QED) is 0.865. The van der Waals surface area contributed by atoms with Gasteiger partial charge in [0.1, 0.15) is 4.99 Å². The normalized spacial score (nSPS) is 12.2. The summed E-state index contributed by atoms with van der Waals surface area (Å²) in [6.45, 7) is 5.66. The highest BCUT2D eigenvalue weighted by Crippen LogP contribution is 2.25. The lowest BCUT2D eigenvalue weighted by Gasteiger charge is -2.26. The Bertz CT molecular complexity index is 575. The van der Waals surface area contributed by atoms with Gasteiger partial charge in [0, 0.05) is 12.6 Å². The first kappa shape index (κ1) is 15.9. The largest absolute Gasteiger partial charge is 0.389 e. The molecule has 2 N–H and O–H groups in total. The number of hydrogen-bond acceptors (Lipinski definition) is 3. The van der Waals surface area contributed by atoms with Crippen LogP contribution in [-0.4, -0.2) is 26.2 Å². The van der Waals surface area contributed by atoms with E-state index < -0.39 is 10.0 Å². The average molecular weight is 300 g/mol. The highest BCUT2D eigenvalue weighted by molar-refractivity contribution is 7.92. The molecule has 19 heavy (non-hydrogen) atoms. The van der Waals surface area contributed by atoms with E-state index >= 15 is 0 Å². The van der Waals surface area contributed by atoms with Crippen LogP contribution >= 0.6 is 12.2 Å². The van der Waals surface area contributed by atoms with E-state index in [4.69, 9.17) is 18.0 Å². The number of nitrogens with zero attached hydrogens (tertiary/aromatic N) is 1. The maximum atomic E-state index is 12.4. The lowest BCUT2D eigenvalue weighted by atomic mass is 10.0. The molecule has 0 atom stereocenters. The summed E-state index contributed by atoms with van der Waals surface area (Å²) >= 11 is 4.96. The van der Waals surface area contributed by atoms with Gasteiger partial charge in [0.05, 0.1) is 11.4 Å². The molecule has 0 radical (unpaired) electrons. The topological polar surface area (TPSA) is 63.4 Å². The zero-order valence-corrected chi connectivity index (χ0v) is 13.3. The third-order valence-electron chi connectivity index (χ3n) is 2.54. The molecule has 106 valence electrons. The Morgan fingerprint density at radius 2 is 1.84 bits per heavy atom. The fraction of sp³-hybridized carbons (Fsp3) is 0.462. The van der Waals surface area contributed by atoms with Gasteiger partial charge in [0.15, 0.2) is 0 Å². The van der Waals surface area contributed by atoms with Crippen LogP contribution in [0.25, 0.3) is 0 Å². The van der Waals surface area contributed by atoms with Crippen molar-refractivity contribution in [2.24, 2.45) is 11.1 Å².